The van der Waals surface area contributed by atoms with Crippen molar-refractivity contribution in [2.45, 2.75) is 44.2 Å². The summed E-state index contributed by atoms with van der Waals surface area (Å²) in [5.74, 6) is -1.45. The minimum atomic E-state index is -0.902. The number of fused-ring (bicyclic) bond motifs is 1. The predicted octanol–water partition coefficient (Wildman–Crippen LogP) is 1.09. The Morgan fingerprint density at radius 3 is 2.77 bits per heavy atom. The molecule has 1 aliphatic carbocycles. The van der Waals surface area contributed by atoms with Gasteiger partial charge in [0.2, 0.25) is 5.43 Å². The number of aromatic nitrogens is 2. The molecule has 1 heterocycles. The van der Waals surface area contributed by atoms with Gasteiger partial charge in [-0.1, -0.05) is 25.3 Å². The van der Waals surface area contributed by atoms with E-state index < -0.39 is 41.6 Å². The number of carbonyl (C=O) groups is 1. The van der Waals surface area contributed by atoms with Crippen LogP contribution in [0.1, 0.15) is 42.6 Å². The number of amides is 1. The first-order chi connectivity index (χ1) is 12.5. The van der Waals surface area contributed by atoms with Gasteiger partial charge in [0, 0.05) is 0 Å². The van der Waals surface area contributed by atoms with Gasteiger partial charge in [0.25, 0.3) is 5.91 Å². The van der Waals surface area contributed by atoms with Gasteiger partial charge < -0.3 is 15.5 Å². The van der Waals surface area contributed by atoms with Crippen LogP contribution >= 0.6 is 0 Å². The van der Waals surface area contributed by atoms with Gasteiger partial charge in [0.05, 0.1) is 24.1 Å². The van der Waals surface area contributed by atoms with Crippen molar-refractivity contribution in [1.82, 2.24) is 15.5 Å². The summed E-state index contributed by atoms with van der Waals surface area (Å²) >= 11 is 0. The molecule has 2 unspecified atom stereocenters. The Kier molecular flexibility index (Phi) is 5.63. The van der Waals surface area contributed by atoms with Crippen LogP contribution in [0.2, 0.25) is 0 Å². The molecule has 4 N–H and O–H groups in total. The summed E-state index contributed by atoms with van der Waals surface area (Å²) in [6.45, 7) is -0.455. The lowest BCUT2D eigenvalue weighted by Crippen LogP contribution is -2.50. The van der Waals surface area contributed by atoms with Gasteiger partial charge in [-0.2, -0.15) is 5.10 Å². The lowest BCUT2D eigenvalue weighted by Gasteiger charge is -2.31. The number of carbonyl (C=O) groups excluding carboxylic acids is 1. The minimum Gasteiger partial charge on any atom is -0.394 e. The molecule has 1 aliphatic rings. The maximum Gasteiger partial charge on any atom is 0.276 e. The number of halogens is 1. The fraction of sp³-hybridized carbons (Fsp3) is 0.500. The van der Waals surface area contributed by atoms with E-state index in [1.165, 1.54) is 18.2 Å². The number of benzene rings is 1. The van der Waals surface area contributed by atoms with Crippen molar-refractivity contribution < 1.29 is 19.4 Å². The second-order valence-corrected chi connectivity index (χ2v) is 6.71. The second kappa shape index (κ2) is 7.92. The van der Waals surface area contributed by atoms with Crippen LogP contribution in [0, 0.1) is 11.7 Å². The molecule has 1 aromatic carbocycles. The Balaban J connectivity index is 1.81. The number of aliphatic hydroxyl groups is 2. The molecule has 1 aromatic heterocycles. The summed E-state index contributed by atoms with van der Waals surface area (Å²) in [6, 6.07) is 3.06. The molecule has 2 aromatic rings. The summed E-state index contributed by atoms with van der Waals surface area (Å²) < 4.78 is 13.7. The zero-order valence-corrected chi connectivity index (χ0v) is 14.2. The number of aromatic amines is 1. The topological polar surface area (TPSA) is 115 Å². The second-order valence-electron chi connectivity index (χ2n) is 6.71. The van der Waals surface area contributed by atoms with Crippen LogP contribution in [0.25, 0.3) is 10.9 Å². The van der Waals surface area contributed by atoms with Crippen molar-refractivity contribution in [2.24, 2.45) is 5.92 Å². The van der Waals surface area contributed by atoms with Crippen molar-refractivity contribution in [3.05, 3.63) is 39.9 Å². The smallest absolute Gasteiger partial charge is 0.276 e. The molecule has 3 rings (SSSR count). The van der Waals surface area contributed by atoms with Crippen LogP contribution in [0.5, 0.6) is 0 Å². The summed E-state index contributed by atoms with van der Waals surface area (Å²) in [6.07, 6.45) is 3.90. The van der Waals surface area contributed by atoms with E-state index in [2.05, 4.69) is 15.5 Å². The first kappa shape index (κ1) is 18.5. The van der Waals surface area contributed by atoms with E-state index in [4.69, 9.17) is 0 Å². The Bertz CT molecular complexity index is 848. The Hall–Kier alpha value is -2.32. The third-order valence-corrected chi connectivity index (χ3v) is 5.03. The third kappa shape index (κ3) is 3.61. The number of nitrogens with zero attached hydrogens (tertiary/aromatic N) is 1. The molecule has 2 atom stereocenters. The number of nitrogens with one attached hydrogen (secondary N) is 2. The molecule has 0 aliphatic heterocycles. The van der Waals surface area contributed by atoms with Crippen molar-refractivity contribution in [1.29, 1.82) is 0 Å². The molecule has 7 nitrogen and oxygen atoms in total. The van der Waals surface area contributed by atoms with E-state index in [1.807, 2.05) is 0 Å². The SMILES string of the molecule is O=C(NC(CO)C(O)C1CCCCC1)c1n[nH]c2c(F)cccc2c1=O. The van der Waals surface area contributed by atoms with Crippen molar-refractivity contribution in [2.75, 3.05) is 6.61 Å². The molecular formula is C18H22FN3O4. The molecule has 0 saturated heterocycles. The van der Waals surface area contributed by atoms with E-state index in [9.17, 15) is 24.2 Å². The van der Waals surface area contributed by atoms with E-state index in [1.54, 1.807) is 0 Å². The van der Waals surface area contributed by atoms with Gasteiger partial charge >= 0.3 is 0 Å². The molecule has 8 heteroatoms. The van der Waals surface area contributed by atoms with Crippen LogP contribution in [-0.2, 0) is 0 Å². The number of H-pyrrole nitrogens is 1. The molecule has 0 bridgehead atoms. The number of para-hydroxylation sites is 1. The number of aliphatic hydroxyl groups excluding tert-OH is 2. The molecule has 140 valence electrons. The molecule has 1 amide bonds. The molecule has 0 spiro atoms. The monoisotopic (exact) mass is 363 g/mol. The first-order valence-electron chi connectivity index (χ1n) is 8.79. The maximum absolute atomic E-state index is 13.7. The van der Waals surface area contributed by atoms with Crippen LogP contribution in [0.15, 0.2) is 23.0 Å². The number of hydrogen-bond acceptors (Lipinski definition) is 5. The molecule has 26 heavy (non-hydrogen) atoms. The van der Waals surface area contributed by atoms with Gasteiger partial charge in [-0.15, -0.1) is 0 Å². The third-order valence-electron chi connectivity index (χ3n) is 5.03. The Morgan fingerprint density at radius 1 is 1.35 bits per heavy atom. The van der Waals surface area contributed by atoms with Gasteiger partial charge in [-0.3, -0.25) is 14.7 Å². The molecule has 1 fully saturated rings. The number of rotatable bonds is 5. The van der Waals surface area contributed by atoms with E-state index in [0.29, 0.717) is 0 Å². The fourth-order valence-electron chi connectivity index (χ4n) is 3.55. The summed E-state index contributed by atoms with van der Waals surface area (Å²) in [5.41, 5.74) is -1.22. The van der Waals surface area contributed by atoms with Crippen LogP contribution in [-0.4, -0.2) is 45.1 Å². The zero-order valence-electron chi connectivity index (χ0n) is 14.2. The van der Waals surface area contributed by atoms with E-state index in [0.717, 1.165) is 32.1 Å². The lowest BCUT2D eigenvalue weighted by molar-refractivity contribution is 0.0277. The van der Waals surface area contributed by atoms with Gasteiger partial charge in [-0.05, 0) is 30.9 Å². The van der Waals surface area contributed by atoms with Gasteiger partial charge in [0.1, 0.15) is 11.3 Å². The standard InChI is InChI=1S/C18H22FN3O4/c19-12-8-4-7-11-14(12)21-22-15(17(11)25)18(26)20-13(9-23)16(24)10-5-2-1-3-6-10/h4,7-8,10,13,16,23-24H,1-3,5-6,9H2,(H,20,26)(H,21,25). The van der Waals surface area contributed by atoms with Crippen molar-refractivity contribution in [3.8, 4) is 0 Å². The van der Waals surface area contributed by atoms with Gasteiger partial charge in [-0.25, -0.2) is 4.39 Å². The van der Waals surface area contributed by atoms with E-state index in [-0.39, 0.29) is 16.8 Å². The van der Waals surface area contributed by atoms with Crippen LogP contribution < -0.4 is 10.7 Å². The minimum absolute atomic E-state index is 0.00172. The highest BCUT2D eigenvalue weighted by atomic mass is 19.1. The van der Waals surface area contributed by atoms with Crippen LogP contribution in [0.4, 0.5) is 4.39 Å². The highest BCUT2D eigenvalue weighted by Crippen LogP contribution is 2.27. The zero-order chi connectivity index (χ0) is 18.7. The lowest BCUT2D eigenvalue weighted by atomic mass is 9.82. The Labute approximate surface area is 149 Å². The average Bonchev–Trinajstić information content (AvgIpc) is 2.67. The normalized spacial score (nSPS) is 17.8. The first-order valence-corrected chi connectivity index (χ1v) is 8.79. The Morgan fingerprint density at radius 2 is 2.08 bits per heavy atom. The maximum atomic E-state index is 13.7. The predicted molar refractivity (Wildman–Crippen MR) is 93.2 cm³/mol. The summed E-state index contributed by atoms with van der Waals surface area (Å²) in [7, 11) is 0. The van der Waals surface area contributed by atoms with Crippen molar-refractivity contribution >= 4 is 16.8 Å². The fourth-order valence-corrected chi connectivity index (χ4v) is 3.55. The quantitative estimate of drug-likeness (QED) is 0.635. The van der Waals surface area contributed by atoms with Crippen LogP contribution in [0.3, 0.4) is 0 Å². The van der Waals surface area contributed by atoms with Crippen molar-refractivity contribution in [3.63, 3.8) is 0 Å². The average molecular weight is 363 g/mol. The molecule has 0 radical (unpaired) electrons. The highest BCUT2D eigenvalue weighted by Gasteiger charge is 2.30. The van der Waals surface area contributed by atoms with Gasteiger partial charge in [0.15, 0.2) is 5.69 Å². The molecular weight excluding hydrogens is 341 g/mol. The highest BCUT2D eigenvalue weighted by molar-refractivity contribution is 5.95. The number of hydrogen-bond donors (Lipinski definition) is 4. The largest absolute Gasteiger partial charge is 0.394 e. The van der Waals surface area contributed by atoms with E-state index >= 15 is 0 Å². The summed E-state index contributed by atoms with van der Waals surface area (Å²) in [4.78, 5) is 24.9. The summed E-state index contributed by atoms with van der Waals surface area (Å²) in [5, 5.41) is 28.6. The molecule has 1 saturated carbocycles.